The molecule has 15 heteroatoms. The number of aliphatic hydroxyl groups is 2. The first-order chi connectivity index (χ1) is 26.2. The molecule has 1 amide bonds. The number of rotatable bonds is 9. The number of nitrogens with one attached hydrogen (secondary N) is 1. The van der Waals surface area contributed by atoms with Gasteiger partial charge in [0.2, 0.25) is 12.5 Å². The third-order valence-corrected chi connectivity index (χ3v) is 10.9. The van der Waals surface area contributed by atoms with Crippen LogP contribution < -0.4 is 29.0 Å². The largest absolute Gasteiger partial charge is 0.493 e. The predicted molar refractivity (Wildman–Crippen MR) is 187 cm³/mol. The van der Waals surface area contributed by atoms with Crippen LogP contribution >= 0.6 is 0 Å². The third-order valence-electron chi connectivity index (χ3n) is 10.9. The van der Waals surface area contributed by atoms with Crippen LogP contribution in [0.5, 0.6) is 28.7 Å². The summed E-state index contributed by atoms with van der Waals surface area (Å²) in [5.41, 5.74) is 4.69. The summed E-state index contributed by atoms with van der Waals surface area (Å²) in [6.45, 7) is 2.37. The highest BCUT2D eigenvalue weighted by Gasteiger charge is 2.51. The number of carbonyl (C=O) groups excluding carboxylic acids is 2. The molecule has 3 fully saturated rings. The van der Waals surface area contributed by atoms with Gasteiger partial charge in [0.25, 0.3) is 0 Å². The molecule has 4 aliphatic heterocycles. The molecular weight excluding hydrogens is 706 g/mol. The normalized spacial score (nSPS) is 29.3. The van der Waals surface area contributed by atoms with Gasteiger partial charge in [-0.2, -0.15) is 0 Å². The van der Waals surface area contributed by atoms with Crippen molar-refractivity contribution < 1.29 is 67.2 Å². The second-order valence-corrected chi connectivity index (χ2v) is 14.0. The molecule has 0 aromatic heterocycles. The van der Waals surface area contributed by atoms with Crippen LogP contribution in [0.2, 0.25) is 0 Å². The minimum atomic E-state index is -1.25. The summed E-state index contributed by atoms with van der Waals surface area (Å²) < 4.78 is 58.1. The van der Waals surface area contributed by atoms with E-state index in [0.717, 1.165) is 27.8 Å². The van der Waals surface area contributed by atoms with Gasteiger partial charge >= 0.3 is 12.1 Å². The molecule has 3 N–H and O–H groups in total. The molecule has 0 spiro atoms. The molecule has 3 aromatic carbocycles. The number of ether oxygens (including phenoxy) is 10. The highest BCUT2D eigenvalue weighted by molar-refractivity contribution is 5.84. The van der Waals surface area contributed by atoms with E-state index in [2.05, 4.69) is 10.1 Å². The second kappa shape index (κ2) is 14.8. The van der Waals surface area contributed by atoms with Crippen LogP contribution in [0.25, 0.3) is 0 Å². The quantitative estimate of drug-likeness (QED) is 0.271. The van der Waals surface area contributed by atoms with Gasteiger partial charge in [0.1, 0.15) is 31.0 Å². The van der Waals surface area contributed by atoms with Gasteiger partial charge in [-0.05, 0) is 65.9 Å². The van der Waals surface area contributed by atoms with E-state index in [4.69, 9.17) is 42.6 Å². The van der Waals surface area contributed by atoms with Crippen LogP contribution in [0, 0.1) is 11.8 Å². The van der Waals surface area contributed by atoms with Crippen molar-refractivity contribution in [3.8, 4) is 28.7 Å². The van der Waals surface area contributed by atoms with Crippen molar-refractivity contribution >= 4 is 17.7 Å². The van der Waals surface area contributed by atoms with Crippen LogP contribution in [-0.2, 0) is 47.9 Å². The van der Waals surface area contributed by atoms with E-state index in [9.17, 15) is 19.8 Å². The van der Waals surface area contributed by atoms with E-state index >= 15 is 0 Å². The first kappa shape index (κ1) is 36.2. The maximum absolute atomic E-state index is 13.5. The van der Waals surface area contributed by atoms with Crippen LogP contribution in [0.15, 0.2) is 42.5 Å². The molecule has 4 heterocycles. The average Bonchev–Trinajstić information content (AvgIpc) is 3.81. The summed E-state index contributed by atoms with van der Waals surface area (Å²) in [5.74, 6) is 0.754. The van der Waals surface area contributed by atoms with Crippen LogP contribution in [-0.4, -0.2) is 100 Å². The number of benzene rings is 3. The molecule has 0 bridgehead atoms. The lowest BCUT2D eigenvalue weighted by molar-refractivity contribution is -0.320. The van der Waals surface area contributed by atoms with Crippen molar-refractivity contribution in [2.24, 2.45) is 11.8 Å². The van der Waals surface area contributed by atoms with Gasteiger partial charge in [-0.1, -0.05) is 12.1 Å². The maximum atomic E-state index is 13.5. The van der Waals surface area contributed by atoms with E-state index in [0.29, 0.717) is 40.9 Å². The highest BCUT2D eigenvalue weighted by Crippen LogP contribution is 2.54. The van der Waals surface area contributed by atoms with E-state index < -0.39 is 54.7 Å². The summed E-state index contributed by atoms with van der Waals surface area (Å²) in [7, 11) is 4.37. The molecule has 8 rings (SSSR count). The van der Waals surface area contributed by atoms with E-state index in [-0.39, 0.29) is 44.9 Å². The van der Waals surface area contributed by atoms with Crippen LogP contribution in [0.1, 0.15) is 40.7 Å². The monoisotopic (exact) mass is 749 g/mol. The zero-order valence-corrected chi connectivity index (χ0v) is 30.3. The molecule has 0 saturated carbocycles. The van der Waals surface area contributed by atoms with Gasteiger partial charge in [0.15, 0.2) is 29.3 Å². The molecule has 5 aliphatic rings. The highest BCUT2D eigenvalue weighted by atomic mass is 16.7. The van der Waals surface area contributed by atoms with Crippen molar-refractivity contribution in [3.63, 3.8) is 0 Å². The van der Waals surface area contributed by atoms with Gasteiger partial charge in [-0.25, -0.2) is 4.79 Å². The molecule has 2 unspecified atom stereocenters. The number of methoxy groups -OCH3 is 3. The molecular formula is C39H43NO14. The number of carbonyl (C=O) groups is 2. The topological polar surface area (TPSA) is 179 Å². The summed E-state index contributed by atoms with van der Waals surface area (Å²) in [6.07, 6.45) is -4.93. The lowest BCUT2D eigenvalue weighted by Crippen LogP contribution is -2.62. The van der Waals surface area contributed by atoms with Crippen molar-refractivity contribution in [1.82, 2.24) is 0 Å². The van der Waals surface area contributed by atoms with Crippen molar-refractivity contribution in [2.75, 3.05) is 46.7 Å². The van der Waals surface area contributed by atoms with Gasteiger partial charge in [-0.15, -0.1) is 0 Å². The Bertz CT molecular complexity index is 1870. The molecule has 3 saturated heterocycles. The Labute approximate surface area is 311 Å². The Morgan fingerprint density at radius 2 is 1.70 bits per heavy atom. The fraction of sp³-hybridized carbons (Fsp3) is 0.487. The van der Waals surface area contributed by atoms with E-state index in [1.165, 1.54) is 21.3 Å². The third kappa shape index (κ3) is 6.53. The van der Waals surface area contributed by atoms with Gasteiger partial charge in [0.05, 0.1) is 46.6 Å². The lowest BCUT2D eigenvalue weighted by atomic mass is 9.66. The number of aliphatic hydroxyl groups excluding tert-OH is 2. The Hall–Kier alpha value is -4.80. The SMILES string of the molecule is COC(=O)Nc1ccc(COc2c(OC)cc([C@@H]3c4cc5c(c(C[C@@H]6O[C@@H]7COC(C)O[C@H]7[C@H](O)[C@H]6O)c4C[C@H]4COC(=O)C43)OCO5)cc2OC)cc1. The Kier molecular flexibility index (Phi) is 9.91. The Morgan fingerprint density at radius 1 is 0.944 bits per heavy atom. The zero-order valence-electron chi connectivity index (χ0n) is 30.3. The number of hydrogen-bond donors (Lipinski definition) is 3. The summed E-state index contributed by atoms with van der Waals surface area (Å²) in [6, 6.07) is 12.7. The molecule has 3 aromatic rings. The first-order valence-electron chi connectivity index (χ1n) is 17.9. The fourth-order valence-corrected chi connectivity index (χ4v) is 8.33. The Balaban J connectivity index is 1.14. The summed E-state index contributed by atoms with van der Waals surface area (Å²) in [5, 5.41) is 25.0. The predicted octanol–water partition coefficient (Wildman–Crippen LogP) is 3.46. The number of hydrogen-bond acceptors (Lipinski definition) is 14. The number of cyclic esters (lactones) is 1. The fourth-order valence-electron chi connectivity index (χ4n) is 8.33. The second-order valence-electron chi connectivity index (χ2n) is 14.0. The standard InChI is InChI=1S/C39H43NO14/c1-18-48-16-30-37(53-18)34(42)33(41)26(54-30)13-25-23-9-21-15-50-38(43)32(21)31(24(23)12-29-35(25)52-17-51-29)20-10-27(45-2)36(28(11-20)46-3)49-14-19-5-7-22(8-6-19)40-39(44)47-4/h5-8,10-12,18,21,26,30-34,37,41-42H,9,13-17H2,1-4H3,(H,40,44)/t18?,21-,26-,30+,31+,32?,33-,34+,37+/m0/s1. The van der Waals surface area contributed by atoms with Gasteiger partial charge in [-0.3, -0.25) is 10.1 Å². The average molecular weight is 750 g/mol. The molecule has 1 aliphatic carbocycles. The number of anilines is 1. The minimum Gasteiger partial charge on any atom is -0.493 e. The van der Waals surface area contributed by atoms with E-state index in [1.54, 1.807) is 19.1 Å². The van der Waals surface area contributed by atoms with Crippen LogP contribution in [0.4, 0.5) is 10.5 Å². The summed E-state index contributed by atoms with van der Waals surface area (Å²) >= 11 is 0. The molecule has 288 valence electrons. The lowest BCUT2D eigenvalue weighted by Gasteiger charge is -2.46. The zero-order chi connectivity index (χ0) is 37.7. The van der Waals surface area contributed by atoms with E-state index in [1.807, 2.05) is 30.3 Å². The maximum Gasteiger partial charge on any atom is 0.411 e. The summed E-state index contributed by atoms with van der Waals surface area (Å²) in [4.78, 5) is 25.1. The molecule has 15 nitrogen and oxygen atoms in total. The van der Waals surface area contributed by atoms with Crippen molar-refractivity contribution in [1.29, 1.82) is 0 Å². The smallest absolute Gasteiger partial charge is 0.411 e. The van der Waals surface area contributed by atoms with Crippen molar-refractivity contribution in [3.05, 3.63) is 70.3 Å². The number of fused-ring (bicyclic) bond motifs is 4. The molecule has 0 radical (unpaired) electrons. The Morgan fingerprint density at radius 3 is 2.43 bits per heavy atom. The number of esters is 1. The minimum absolute atomic E-state index is 0.00393. The van der Waals surface area contributed by atoms with Gasteiger partial charge < -0.3 is 57.6 Å². The van der Waals surface area contributed by atoms with Crippen molar-refractivity contribution in [2.45, 2.75) is 69.1 Å². The van der Waals surface area contributed by atoms with Gasteiger partial charge in [0, 0.05) is 29.5 Å². The number of amides is 1. The molecule has 54 heavy (non-hydrogen) atoms. The van der Waals surface area contributed by atoms with Crippen LogP contribution in [0.3, 0.4) is 0 Å². The molecule has 9 atom stereocenters. The first-order valence-corrected chi connectivity index (χ1v) is 17.9.